The Hall–Kier alpha value is -2.67. The van der Waals surface area contributed by atoms with Crippen LogP contribution in [0, 0.1) is 6.92 Å². The molecule has 6 nitrogen and oxygen atoms in total. The lowest BCUT2D eigenvalue weighted by Gasteiger charge is -2.10. The number of aromatic nitrogens is 1. The topological polar surface area (TPSA) is 92.4 Å². The molecule has 0 aliphatic heterocycles. The van der Waals surface area contributed by atoms with Gasteiger partial charge in [0.2, 0.25) is 0 Å². The lowest BCUT2D eigenvalue weighted by Crippen LogP contribution is -2.26. The van der Waals surface area contributed by atoms with E-state index in [2.05, 4.69) is 10.3 Å². The molecule has 3 rings (SSSR count). The molecule has 118 valence electrons. The van der Waals surface area contributed by atoms with E-state index in [9.17, 15) is 9.59 Å². The van der Waals surface area contributed by atoms with E-state index in [1.807, 2.05) is 18.2 Å². The lowest BCUT2D eigenvalue weighted by molar-refractivity contribution is 0.0701. The number of hydrogen-bond acceptors (Lipinski definition) is 5. The highest BCUT2D eigenvalue weighted by atomic mass is 32.1. The molecular weight excluding hydrogens is 316 g/mol. The third-order valence-electron chi connectivity index (χ3n) is 3.45. The van der Waals surface area contributed by atoms with Crippen LogP contribution in [0.1, 0.15) is 43.7 Å². The van der Waals surface area contributed by atoms with Crippen molar-refractivity contribution in [3.63, 3.8) is 0 Å². The van der Waals surface area contributed by atoms with Crippen LogP contribution < -0.4 is 5.32 Å². The first-order valence-corrected chi connectivity index (χ1v) is 7.76. The molecular formula is C16H14N2O4S. The SMILES string of the molecule is Cc1nc([C@@H](C)NC(=O)c2coc3ccccc23)sc1C(=O)O. The van der Waals surface area contributed by atoms with Crippen molar-refractivity contribution in [2.24, 2.45) is 0 Å². The number of para-hydroxylation sites is 1. The molecule has 0 unspecified atom stereocenters. The minimum Gasteiger partial charge on any atom is -0.477 e. The summed E-state index contributed by atoms with van der Waals surface area (Å²) in [5.74, 6) is -1.29. The molecule has 2 aromatic heterocycles. The van der Waals surface area contributed by atoms with Crippen molar-refractivity contribution in [1.29, 1.82) is 0 Å². The zero-order valence-electron chi connectivity index (χ0n) is 12.5. The summed E-state index contributed by atoms with van der Waals surface area (Å²) in [4.78, 5) is 27.9. The molecule has 2 N–H and O–H groups in total. The van der Waals surface area contributed by atoms with Gasteiger partial charge in [-0.1, -0.05) is 18.2 Å². The average Bonchev–Trinajstić information content (AvgIpc) is 3.10. The second-order valence-electron chi connectivity index (χ2n) is 5.11. The molecule has 2 heterocycles. The van der Waals surface area contributed by atoms with Crippen molar-refractivity contribution in [1.82, 2.24) is 10.3 Å². The molecule has 3 aromatic rings. The van der Waals surface area contributed by atoms with Gasteiger partial charge >= 0.3 is 5.97 Å². The predicted octanol–water partition coefficient (Wildman–Crippen LogP) is 3.39. The van der Waals surface area contributed by atoms with Gasteiger partial charge < -0.3 is 14.8 Å². The molecule has 0 saturated heterocycles. The number of aryl methyl sites for hydroxylation is 1. The molecule has 7 heteroatoms. The number of nitrogens with one attached hydrogen (secondary N) is 1. The maximum Gasteiger partial charge on any atom is 0.347 e. The number of benzene rings is 1. The van der Waals surface area contributed by atoms with E-state index in [1.165, 1.54) is 6.26 Å². The molecule has 0 saturated carbocycles. The molecule has 0 radical (unpaired) electrons. The zero-order valence-corrected chi connectivity index (χ0v) is 13.3. The number of rotatable bonds is 4. The second kappa shape index (κ2) is 5.85. The molecule has 0 aliphatic rings. The van der Waals surface area contributed by atoms with E-state index >= 15 is 0 Å². The summed E-state index contributed by atoms with van der Waals surface area (Å²) in [7, 11) is 0. The monoisotopic (exact) mass is 330 g/mol. The number of carbonyl (C=O) groups is 2. The van der Waals surface area contributed by atoms with Gasteiger partial charge in [0, 0.05) is 5.39 Å². The zero-order chi connectivity index (χ0) is 16.6. The van der Waals surface area contributed by atoms with Crippen molar-refractivity contribution in [2.45, 2.75) is 19.9 Å². The van der Waals surface area contributed by atoms with Crippen molar-refractivity contribution in [2.75, 3.05) is 0 Å². The van der Waals surface area contributed by atoms with Crippen molar-refractivity contribution in [3.8, 4) is 0 Å². The van der Waals surface area contributed by atoms with Crippen molar-refractivity contribution in [3.05, 3.63) is 51.7 Å². The van der Waals surface area contributed by atoms with Crippen LogP contribution in [-0.2, 0) is 0 Å². The average molecular weight is 330 g/mol. The summed E-state index contributed by atoms with van der Waals surface area (Å²) < 4.78 is 5.36. The number of carboxylic acids is 1. The second-order valence-corrected chi connectivity index (χ2v) is 6.14. The normalized spacial score (nSPS) is 12.3. The fourth-order valence-electron chi connectivity index (χ4n) is 2.29. The van der Waals surface area contributed by atoms with Crippen LogP contribution in [0.2, 0.25) is 0 Å². The van der Waals surface area contributed by atoms with Gasteiger partial charge in [-0.05, 0) is 19.9 Å². The van der Waals surface area contributed by atoms with E-state index in [1.54, 1.807) is 19.9 Å². The number of aromatic carboxylic acids is 1. The fourth-order valence-corrected chi connectivity index (χ4v) is 3.20. The minimum atomic E-state index is -1.01. The molecule has 0 spiro atoms. The molecule has 23 heavy (non-hydrogen) atoms. The summed E-state index contributed by atoms with van der Waals surface area (Å²) in [5, 5.41) is 13.2. The van der Waals surface area contributed by atoms with Gasteiger partial charge in [0.1, 0.15) is 21.7 Å². The lowest BCUT2D eigenvalue weighted by atomic mass is 10.1. The molecule has 1 amide bonds. The van der Waals surface area contributed by atoms with Crippen LogP contribution in [0.3, 0.4) is 0 Å². The highest BCUT2D eigenvalue weighted by Gasteiger charge is 2.21. The van der Waals surface area contributed by atoms with Gasteiger partial charge in [0.25, 0.3) is 5.91 Å². The van der Waals surface area contributed by atoms with E-state index < -0.39 is 12.0 Å². The molecule has 0 bridgehead atoms. The van der Waals surface area contributed by atoms with Crippen LogP contribution in [0.15, 0.2) is 34.9 Å². The van der Waals surface area contributed by atoms with Crippen LogP contribution in [-0.4, -0.2) is 22.0 Å². The van der Waals surface area contributed by atoms with Crippen LogP contribution >= 0.6 is 11.3 Å². The summed E-state index contributed by atoms with van der Waals surface area (Å²) in [6.07, 6.45) is 1.42. The number of amides is 1. The number of nitrogens with zero attached hydrogens (tertiary/aromatic N) is 1. The number of carbonyl (C=O) groups excluding carboxylic acids is 1. The standard InChI is InChI=1S/C16H14N2O4S/c1-8-13(16(20)21)23-15(18-8)9(2)17-14(19)11-7-22-12-6-4-3-5-10(11)12/h3-7,9H,1-2H3,(H,17,19)(H,20,21)/t9-/m1/s1. The van der Waals surface area contributed by atoms with Gasteiger partial charge in [-0.15, -0.1) is 11.3 Å². The van der Waals surface area contributed by atoms with Gasteiger partial charge in [-0.3, -0.25) is 4.79 Å². The first kappa shape index (κ1) is 15.2. The molecule has 1 aromatic carbocycles. The van der Waals surface area contributed by atoms with Crippen LogP contribution in [0.4, 0.5) is 0 Å². The predicted molar refractivity (Wildman–Crippen MR) is 85.9 cm³/mol. The Morgan fingerprint density at radius 2 is 2.09 bits per heavy atom. The van der Waals surface area contributed by atoms with Crippen molar-refractivity contribution >= 4 is 34.2 Å². The van der Waals surface area contributed by atoms with Crippen molar-refractivity contribution < 1.29 is 19.1 Å². The number of hydrogen-bond donors (Lipinski definition) is 2. The molecule has 0 aliphatic carbocycles. The highest BCUT2D eigenvalue weighted by Crippen LogP contribution is 2.25. The first-order valence-electron chi connectivity index (χ1n) is 6.95. The van der Waals surface area contributed by atoms with E-state index in [4.69, 9.17) is 9.52 Å². The maximum atomic E-state index is 12.4. The smallest absolute Gasteiger partial charge is 0.347 e. The van der Waals surface area contributed by atoms with Gasteiger partial charge in [0.15, 0.2) is 0 Å². The van der Waals surface area contributed by atoms with E-state index in [0.29, 0.717) is 21.8 Å². The summed E-state index contributed by atoms with van der Waals surface area (Å²) in [5.41, 5.74) is 1.54. The first-order chi connectivity index (χ1) is 11.0. The Labute approximate surface area is 135 Å². The Balaban J connectivity index is 1.82. The Bertz CT molecular complexity index is 897. The van der Waals surface area contributed by atoms with Crippen LogP contribution in [0.5, 0.6) is 0 Å². The van der Waals surface area contributed by atoms with E-state index in [0.717, 1.165) is 16.7 Å². The Morgan fingerprint density at radius 1 is 1.35 bits per heavy atom. The van der Waals surface area contributed by atoms with E-state index in [-0.39, 0.29) is 10.8 Å². The maximum absolute atomic E-state index is 12.4. The molecule has 0 fully saturated rings. The Morgan fingerprint density at radius 3 is 2.78 bits per heavy atom. The number of thiazole rings is 1. The third kappa shape index (κ3) is 2.83. The largest absolute Gasteiger partial charge is 0.477 e. The highest BCUT2D eigenvalue weighted by molar-refractivity contribution is 7.13. The summed E-state index contributed by atoms with van der Waals surface area (Å²) >= 11 is 1.07. The minimum absolute atomic E-state index is 0.190. The quantitative estimate of drug-likeness (QED) is 0.765. The number of furan rings is 1. The van der Waals surface area contributed by atoms with Gasteiger partial charge in [-0.2, -0.15) is 0 Å². The van der Waals surface area contributed by atoms with Gasteiger partial charge in [0.05, 0.1) is 17.3 Å². The summed E-state index contributed by atoms with van der Waals surface area (Å²) in [6.45, 7) is 3.41. The van der Waals surface area contributed by atoms with Crippen LogP contribution in [0.25, 0.3) is 11.0 Å². The molecule has 1 atom stereocenters. The van der Waals surface area contributed by atoms with Gasteiger partial charge in [-0.25, -0.2) is 9.78 Å². The summed E-state index contributed by atoms with van der Waals surface area (Å²) in [6, 6.07) is 6.88. The Kier molecular flexibility index (Phi) is 3.87. The number of fused-ring (bicyclic) bond motifs is 1. The fraction of sp³-hybridized carbons (Fsp3) is 0.188. The third-order valence-corrected chi connectivity index (χ3v) is 4.78. The number of carboxylic acid groups (broad SMARTS) is 1.